The van der Waals surface area contributed by atoms with Gasteiger partial charge in [-0.2, -0.15) is 5.10 Å². The Bertz CT molecular complexity index is 1290. The van der Waals surface area contributed by atoms with Crippen LogP contribution >= 0.6 is 0 Å². The van der Waals surface area contributed by atoms with Crippen LogP contribution in [0, 0.1) is 0 Å². The average molecular weight is 460 g/mol. The number of hydrogen-bond acceptors (Lipinski definition) is 4. The number of aromatic amines is 1. The molecule has 0 spiro atoms. The van der Waals surface area contributed by atoms with Gasteiger partial charge in [-0.05, 0) is 48.2 Å². The molecule has 3 N–H and O–H groups in total. The molecule has 1 aliphatic heterocycles. The highest BCUT2D eigenvalue weighted by molar-refractivity contribution is 5.94. The van der Waals surface area contributed by atoms with Crippen molar-refractivity contribution in [2.24, 2.45) is 0 Å². The third kappa shape index (κ3) is 4.63. The molecule has 0 aliphatic carbocycles. The Morgan fingerprint density at radius 3 is 2.68 bits per heavy atom. The van der Waals surface area contributed by atoms with E-state index in [-0.39, 0.29) is 19.4 Å². The van der Waals surface area contributed by atoms with Gasteiger partial charge < -0.3 is 15.2 Å². The summed E-state index contributed by atoms with van der Waals surface area (Å²) in [5.74, 6) is 0.594. The molecule has 9 nitrogen and oxygen atoms in total. The number of benzene rings is 2. The number of urea groups is 1. The minimum atomic E-state index is -0.315. The van der Waals surface area contributed by atoms with E-state index in [1.165, 1.54) is 0 Å². The Morgan fingerprint density at radius 2 is 2.00 bits per heavy atom. The Morgan fingerprint density at radius 1 is 1.18 bits per heavy atom. The predicted octanol–water partition coefficient (Wildman–Crippen LogP) is 4.32. The average Bonchev–Trinajstić information content (AvgIpc) is 3.55. The van der Waals surface area contributed by atoms with Crippen molar-refractivity contribution in [1.29, 1.82) is 0 Å². The van der Waals surface area contributed by atoms with Crippen molar-refractivity contribution < 1.29 is 9.59 Å². The minimum absolute atomic E-state index is 0. The third-order valence-corrected chi connectivity index (χ3v) is 5.72. The topological polar surface area (TPSA) is 108 Å². The minimum Gasteiger partial charge on any atom is -0.338 e. The fourth-order valence-electron chi connectivity index (χ4n) is 4.12. The number of H-pyrrole nitrogens is 1. The van der Waals surface area contributed by atoms with Crippen molar-refractivity contribution in [3.63, 3.8) is 0 Å². The standard InChI is InChI=1S/C24H25N7O2.CH4/c1-2-25-24(33)29-23-27-19-13-18(14-20(22(19)28-23)31-12-4-10-26-31)17-8-6-16(7-9-17)15-30-11-3-5-21(30)32;/h4,6-10,12-14H,2-3,5,11,15H2,1H3,(H3,25,27,28,29,33);1H4. The summed E-state index contributed by atoms with van der Waals surface area (Å²) in [7, 11) is 0. The van der Waals surface area contributed by atoms with Crippen molar-refractivity contribution in [3.8, 4) is 16.8 Å². The van der Waals surface area contributed by atoms with Gasteiger partial charge in [-0.3, -0.25) is 10.1 Å². The lowest BCUT2D eigenvalue weighted by atomic mass is 10.0. The highest BCUT2D eigenvalue weighted by Crippen LogP contribution is 2.30. The SMILES string of the molecule is C.CCNC(=O)Nc1nc2c(-n3cccn3)cc(-c3ccc(CN4CCCC4=O)cc3)cc2[nH]1. The van der Waals surface area contributed by atoms with E-state index in [1.54, 1.807) is 10.9 Å². The summed E-state index contributed by atoms with van der Waals surface area (Å²) in [6, 6.07) is 13.8. The molecule has 0 unspecified atom stereocenters. The van der Waals surface area contributed by atoms with Crippen LogP contribution in [0.2, 0.25) is 0 Å². The largest absolute Gasteiger partial charge is 0.338 e. The number of fused-ring (bicyclic) bond motifs is 1. The van der Waals surface area contributed by atoms with E-state index >= 15 is 0 Å². The summed E-state index contributed by atoms with van der Waals surface area (Å²) < 4.78 is 1.76. The summed E-state index contributed by atoms with van der Waals surface area (Å²) in [6.45, 7) is 3.86. The van der Waals surface area contributed by atoms with Crippen LogP contribution in [-0.2, 0) is 11.3 Å². The quantitative estimate of drug-likeness (QED) is 0.399. The molecule has 1 fully saturated rings. The van der Waals surface area contributed by atoms with Crippen LogP contribution < -0.4 is 10.6 Å². The van der Waals surface area contributed by atoms with E-state index in [1.807, 2.05) is 36.2 Å². The molecular weight excluding hydrogens is 430 g/mol. The van der Waals surface area contributed by atoms with Crippen LogP contribution in [0.4, 0.5) is 10.7 Å². The molecule has 4 aromatic rings. The monoisotopic (exact) mass is 459 g/mol. The molecule has 2 aromatic carbocycles. The van der Waals surface area contributed by atoms with E-state index < -0.39 is 0 Å². The van der Waals surface area contributed by atoms with E-state index in [2.05, 4.69) is 50.0 Å². The third-order valence-electron chi connectivity index (χ3n) is 5.72. The number of anilines is 1. The van der Waals surface area contributed by atoms with Gasteiger partial charge in [-0.15, -0.1) is 0 Å². The molecule has 1 saturated heterocycles. The molecule has 0 radical (unpaired) electrons. The number of carbonyl (C=O) groups excluding carboxylic acids is 2. The number of likely N-dealkylation sites (tertiary alicyclic amines) is 1. The molecule has 3 heterocycles. The fraction of sp³-hybridized carbons (Fsp3) is 0.280. The van der Waals surface area contributed by atoms with Gasteiger partial charge in [-0.1, -0.05) is 31.7 Å². The normalized spacial score (nSPS) is 13.2. The first kappa shape index (κ1) is 23.0. The first-order chi connectivity index (χ1) is 16.1. The molecule has 176 valence electrons. The number of rotatable bonds is 6. The second kappa shape index (κ2) is 9.78. The van der Waals surface area contributed by atoms with Gasteiger partial charge in [0.25, 0.3) is 0 Å². The summed E-state index contributed by atoms with van der Waals surface area (Å²) in [4.78, 5) is 33.5. The van der Waals surface area contributed by atoms with Crippen LogP contribution in [0.5, 0.6) is 0 Å². The second-order valence-electron chi connectivity index (χ2n) is 8.03. The molecule has 0 atom stereocenters. The lowest BCUT2D eigenvalue weighted by Crippen LogP contribution is -2.28. The van der Waals surface area contributed by atoms with Gasteiger partial charge in [0, 0.05) is 38.4 Å². The van der Waals surface area contributed by atoms with Crippen molar-refractivity contribution in [2.75, 3.05) is 18.4 Å². The van der Waals surface area contributed by atoms with Gasteiger partial charge in [0.2, 0.25) is 11.9 Å². The number of nitrogens with one attached hydrogen (secondary N) is 3. The fourth-order valence-corrected chi connectivity index (χ4v) is 4.12. The summed E-state index contributed by atoms with van der Waals surface area (Å²) in [5.41, 5.74) is 5.44. The molecule has 5 rings (SSSR count). The molecule has 9 heteroatoms. The highest BCUT2D eigenvalue weighted by Gasteiger charge is 2.20. The Kier molecular flexibility index (Phi) is 6.62. The zero-order valence-electron chi connectivity index (χ0n) is 18.3. The number of amides is 3. The van der Waals surface area contributed by atoms with E-state index in [4.69, 9.17) is 0 Å². The second-order valence-corrected chi connectivity index (χ2v) is 8.03. The molecule has 2 aromatic heterocycles. The molecule has 3 amide bonds. The van der Waals surface area contributed by atoms with Crippen LogP contribution in [0.15, 0.2) is 54.9 Å². The Labute approximate surface area is 198 Å². The lowest BCUT2D eigenvalue weighted by molar-refractivity contribution is -0.128. The first-order valence-corrected chi connectivity index (χ1v) is 11.1. The maximum Gasteiger partial charge on any atom is 0.321 e. The highest BCUT2D eigenvalue weighted by atomic mass is 16.2. The zero-order chi connectivity index (χ0) is 22.8. The molecule has 1 aliphatic rings. The maximum absolute atomic E-state index is 11.9. The van der Waals surface area contributed by atoms with Gasteiger partial charge in [-0.25, -0.2) is 14.5 Å². The molecular formula is C25H29N7O2. The molecule has 34 heavy (non-hydrogen) atoms. The number of hydrogen-bond donors (Lipinski definition) is 3. The number of imidazole rings is 1. The number of aromatic nitrogens is 4. The summed E-state index contributed by atoms with van der Waals surface area (Å²) in [5, 5.41) is 9.81. The van der Waals surface area contributed by atoms with Crippen molar-refractivity contribution >= 4 is 28.9 Å². The van der Waals surface area contributed by atoms with E-state index in [0.717, 1.165) is 40.9 Å². The van der Waals surface area contributed by atoms with Crippen LogP contribution in [0.1, 0.15) is 32.8 Å². The van der Waals surface area contributed by atoms with Crippen LogP contribution in [0.25, 0.3) is 27.8 Å². The predicted molar refractivity (Wildman–Crippen MR) is 133 cm³/mol. The van der Waals surface area contributed by atoms with Gasteiger partial charge in [0.15, 0.2) is 0 Å². The van der Waals surface area contributed by atoms with Crippen molar-refractivity contribution in [2.45, 2.75) is 33.7 Å². The van der Waals surface area contributed by atoms with E-state index in [0.29, 0.717) is 31.0 Å². The van der Waals surface area contributed by atoms with Crippen molar-refractivity contribution in [1.82, 2.24) is 30.0 Å². The van der Waals surface area contributed by atoms with Gasteiger partial charge in [0.1, 0.15) is 5.52 Å². The number of nitrogens with zero attached hydrogens (tertiary/aromatic N) is 4. The van der Waals surface area contributed by atoms with Crippen LogP contribution in [0.3, 0.4) is 0 Å². The molecule has 0 bridgehead atoms. The first-order valence-electron chi connectivity index (χ1n) is 11.1. The Hall–Kier alpha value is -4.14. The lowest BCUT2D eigenvalue weighted by Gasteiger charge is -2.15. The van der Waals surface area contributed by atoms with Crippen molar-refractivity contribution in [3.05, 3.63) is 60.4 Å². The van der Waals surface area contributed by atoms with E-state index in [9.17, 15) is 9.59 Å². The summed E-state index contributed by atoms with van der Waals surface area (Å²) >= 11 is 0. The van der Waals surface area contributed by atoms with Crippen LogP contribution in [-0.4, -0.2) is 49.7 Å². The maximum atomic E-state index is 11.9. The zero-order valence-corrected chi connectivity index (χ0v) is 18.3. The Balaban J connectivity index is 0.00000274. The smallest absolute Gasteiger partial charge is 0.321 e. The van der Waals surface area contributed by atoms with Gasteiger partial charge in [0.05, 0.1) is 11.2 Å². The molecule has 0 saturated carbocycles. The number of carbonyl (C=O) groups is 2. The summed E-state index contributed by atoms with van der Waals surface area (Å²) in [6.07, 6.45) is 5.16. The van der Waals surface area contributed by atoms with Gasteiger partial charge >= 0.3 is 6.03 Å².